The van der Waals surface area contributed by atoms with Crippen molar-refractivity contribution >= 4 is 57.2 Å². The van der Waals surface area contributed by atoms with Crippen LogP contribution in [0.2, 0.25) is 0 Å². The number of benzene rings is 6. The van der Waals surface area contributed by atoms with Crippen molar-refractivity contribution in [3.8, 4) is 11.1 Å². The van der Waals surface area contributed by atoms with Crippen LogP contribution >= 0.6 is 0 Å². The van der Waals surface area contributed by atoms with Gasteiger partial charge in [-0.1, -0.05) is 157 Å². The van der Waals surface area contributed by atoms with Crippen molar-refractivity contribution in [2.75, 3.05) is 9.80 Å². The number of aryl methyl sites for hydroxylation is 1. The normalized spacial score (nSPS) is 16.5. The summed E-state index contributed by atoms with van der Waals surface area (Å²) in [5.41, 5.74) is 22.7. The Labute approximate surface area is 362 Å². The molecule has 9 rings (SSSR count). The smallest absolute Gasteiger partial charge is 0.252 e. The quantitative estimate of drug-likeness (QED) is 0.165. The summed E-state index contributed by atoms with van der Waals surface area (Å²) in [5, 5.41) is 0. The van der Waals surface area contributed by atoms with Gasteiger partial charge in [0.05, 0.1) is 5.69 Å². The molecule has 2 heterocycles. The molecule has 1 aliphatic carbocycles. The lowest BCUT2D eigenvalue weighted by Crippen LogP contribution is -2.62. The largest absolute Gasteiger partial charge is 0.311 e. The molecule has 0 spiro atoms. The first kappa shape index (κ1) is 40.4. The molecule has 6 aromatic carbocycles. The summed E-state index contributed by atoms with van der Waals surface area (Å²) < 4.78 is 0. The minimum atomic E-state index is -0.00214. The van der Waals surface area contributed by atoms with Gasteiger partial charge in [0.25, 0.3) is 6.71 Å². The van der Waals surface area contributed by atoms with E-state index in [1.165, 1.54) is 108 Å². The van der Waals surface area contributed by atoms with Crippen LogP contribution in [0.3, 0.4) is 0 Å². The van der Waals surface area contributed by atoms with Crippen LogP contribution in [-0.2, 0) is 27.1 Å². The second-order valence-electron chi connectivity index (χ2n) is 22.7. The van der Waals surface area contributed by atoms with Crippen molar-refractivity contribution in [2.45, 2.75) is 137 Å². The fraction of sp³-hybridized carbons (Fsp3) is 0.368. The van der Waals surface area contributed by atoms with Gasteiger partial charge in [0.2, 0.25) is 0 Å². The van der Waals surface area contributed by atoms with Crippen molar-refractivity contribution < 1.29 is 0 Å². The van der Waals surface area contributed by atoms with Crippen LogP contribution in [0.5, 0.6) is 0 Å². The van der Waals surface area contributed by atoms with Crippen LogP contribution in [-0.4, -0.2) is 6.71 Å². The Hall–Kier alpha value is -5.02. The van der Waals surface area contributed by atoms with E-state index < -0.39 is 0 Å². The van der Waals surface area contributed by atoms with E-state index in [0.29, 0.717) is 0 Å². The molecule has 0 amide bonds. The molecule has 0 saturated carbocycles. The molecule has 0 atom stereocenters. The maximum atomic E-state index is 2.67. The topological polar surface area (TPSA) is 6.48 Å². The lowest BCUT2D eigenvalue weighted by Gasteiger charge is -2.48. The SMILES string of the molecule is Cc1cc2c3c(c1)N(c1ccc(C(C)(C)C)cc1-c1ccccc1)c1cc4c(cc1B3c1ccc(C(C)(C)C)cc1N2c1ccc(C(C)(C)C)cc1)C(C)(C)CCC4(C)C. The van der Waals surface area contributed by atoms with E-state index in [4.69, 9.17) is 0 Å². The Morgan fingerprint density at radius 1 is 0.467 bits per heavy atom. The van der Waals surface area contributed by atoms with Crippen molar-refractivity contribution in [1.29, 1.82) is 0 Å². The molecule has 6 aromatic rings. The Morgan fingerprint density at radius 2 is 0.983 bits per heavy atom. The summed E-state index contributed by atoms with van der Waals surface area (Å²) in [6.45, 7) is 33.2. The third-order valence-corrected chi connectivity index (χ3v) is 14.2. The first-order valence-electron chi connectivity index (χ1n) is 22.4. The summed E-state index contributed by atoms with van der Waals surface area (Å²) in [4.78, 5) is 5.26. The van der Waals surface area contributed by atoms with Crippen LogP contribution in [0.15, 0.2) is 115 Å². The highest BCUT2D eigenvalue weighted by atomic mass is 15.2. The average Bonchev–Trinajstić information content (AvgIpc) is 3.18. The second kappa shape index (κ2) is 13.5. The first-order valence-corrected chi connectivity index (χ1v) is 22.4. The zero-order valence-electron chi connectivity index (χ0n) is 38.9. The highest BCUT2D eigenvalue weighted by Gasteiger charge is 2.47. The first-order chi connectivity index (χ1) is 28.0. The minimum Gasteiger partial charge on any atom is -0.311 e. The summed E-state index contributed by atoms with van der Waals surface area (Å²) in [7, 11) is 0. The number of anilines is 6. The van der Waals surface area contributed by atoms with Crippen molar-refractivity contribution in [2.24, 2.45) is 0 Å². The van der Waals surface area contributed by atoms with Gasteiger partial charge in [-0.15, -0.1) is 0 Å². The van der Waals surface area contributed by atoms with E-state index in [-0.39, 0.29) is 33.8 Å². The summed E-state index contributed by atoms with van der Waals surface area (Å²) in [5.74, 6) is 0. The van der Waals surface area contributed by atoms with E-state index in [1.807, 2.05) is 0 Å². The highest BCUT2D eigenvalue weighted by molar-refractivity contribution is 7.00. The van der Waals surface area contributed by atoms with Gasteiger partial charge >= 0.3 is 0 Å². The van der Waals surface area contributed by atoms with Crippen molar-refractivity contribution in [3.05, 3.63) is 149 Å². The fourth-order valence-corrected chi connectivity index (χ4v) is 10.4. The molecule has 306 valence electrons. The molecule has 2 aliphatic heterocycles. The lowest BCUT2D eigenvalue weighted by atomic mass is 9.33. The van der Waals surface area contributed by atoms with E-state index in [0.717, 1.165) is 0 Å². The number of hydrogen-bond acceptors (Lipinski definition) is 2. The molecule has 0 fully saturated rings. The number of fused-ring (bicyclic) bond motifs is 5. The Balaban J connectivity index is 1.42. The van der Waals surface area contributed by atoms with Crippen LogP contribution in [0.1, 0.15) is 136 Å². The third-order valence-electron chi connectivity index (χ3n) is 14.2. The lowest BCUT2D eigenvalue weighted by molar-refractivity contribution is 0.332. The van der Waals surface area contributed by atoms with Gasteiger partial charge in [0.1, 0.15) is 0 Å². The van der Waals surface area contributed by atoms with Crippen molar-refractivity contribution in [1.82, 2.24) is 0 Å². The van der Waals surface area contributed by atoms with E-state index in [1.54, 1.807) is 0 Å². The zero-order chi connectivity index (χ0) is 42.9. The molecule has 3 heteroatoms. The Kier molecular flexibility index (Phi) is 9.08. The molecule has 0 unspecified atom stereocenters. The minimum absolute atomic E-state index is 0.00214. The Morgan fingerprint density at radius 3 is 1.58 bits per heavy atom. The molecule has 3 aliphatic rings. The second-order valence-corrected chi connectivity index (χ2v) is 22.7. The maximum absolute atomic E-state index is 2.67. The summed E-state index contributed by atoms with van der Waals surface area (Å²) >= 11 is 0. The number of rotatable bonds is 3. The van der Waals surface area contributed by atoms with Gasteiger partial charge in [-0.3, -0.25) is 0 Å². The summed E-state index contributed by atoms with van der Waals surface area (Å²) in [6, 6.07) is 45.4. The maximum Gasteiger partial charge on any atom is 0.252 e. The van der Waals surface area contributed by atoms with Gasteiger partial charge in [-0.2, -0.15) is 0 Å². The molecule has 0 bridgehead atoms. The molecular formula is C57H65BN2. The van der Waals surface area contributed by atoms with Gasteiger partial charge in [0, 0.05) is 34.0 Å². The monoisotopic (exact) mass is 789 g/mol. The summed E-state index contributed by atoms with van der Waals surface area (Å²) in [6.07, 6.45) is 2.35. The molecule has 0 aromatic heterocycles. The molecule has 0 radical (unpaired) electrons. The van der Waals surface area contributed by atoms with Crippen LogP contribution in [0, 0.1) is 6.92 Å². The fourth-order valence-electron chi connectivity index (χ4n) is 10.4. The van der Waals surface area contributed by atoms with Gasteiger partial charge in [-0.25, -0.2) is 0 Å². The molecule has 60 heavy (non-hydrogen) atoms. The molecular weight excluding hydrogens is 723 g/mol. The predicted molar refractivity (Wildman–Crippen MR) is 262 cm³/mol. The van der Waals surface area contributed by atoms with Crippen molar-refractivity contribution in [3.63, 3.8) is 0 Å². The molecule has 0 saturated heterocycles. The predicted octanol–water partition coefficient (Wildman–Crippen LogP) is 14.0. The highest BCUT2D eigenvalue weighted by Crippen LogP contribution is 2.52. The van der Waals surface area contributed by atoms with E-state index in [9.17, 15) is 0 Å². The van der Waals surface area contributed by atoms with Crippen LogP contribution in [0.25, 0.3) is 11.1 Å². The van der Waals surface area contributed by atoms with Gasteiger partial charge < -0.3 is 9.80 Å². The van der Waals surface area contributed by atoms with Gasteiger partial charge in [-0.05, 0) is 151 Å². The molecule has 2 nitrogen and oxygen atoms in total. The van der Waals surface area contributed by atoms with E-state index >= 15 is 0 Å². The average molecular weight is 789 g/mol. The standard InChI is InChI=1S/C57H65BN2/c1-36-30-50-52-51(31-36)60(47-27-23-39(54(5,6)7)32-42(47)37-18-16-15-17-19-37)49-35-44-43(56(11,12)28-29-57(44,13)14)34-46(49)58(52)45-26-22-40(55(8,9)10)33-48(45)59(50)41-24-20-38(21-25-41)53(2,3)4/h15-27,30-35H,28-29H2,1-14H3. The van der Waals surface area contributed by atoms with Crippen LogP contribution in [0.4, 0.5) is 34.1 Å². The van der Waals surface area contributed by atoms with Gasteiger partial charge in [0.15, 0.2) is 0 Å². The number of nitrogens with zero attached hydrogens (tertiary/aromatic N) is 2. The molecule has 0 N–H and O–H groups in total. The third kappa shape index (κ3) is 6.54. The Bertz CT molecular complexity index is 2660. The van der Waals surface area contributed by atoms with E-state index in [2.05, 4.69) is 222 Å². The zero-order valence-corrected chi connectivity index (χ0v) is 38.9. The van der Waals surface area contributed by atoms with Crippen LogP contribution < -0.4 is 26.2 Å². The number of hydrogen-bond donors (Lipinski definition) is 0.